The van der Waals surface area contributed by atoms with Crippen molar-refractivity contribution in [1.82, 2.24) is 14.3 Å². The average Bonchev–Trinajstić information content (AvgIpc) is 3.49. The van der Waals surface area contributed by atoms with Crippen LogP contribution in [0, 0.1) is 0 Å². The average molecular weight is 516 g/mol. The number of ether oxygens (including phenoxy) is 1. The number of hydrogen-bond acceptors (Lipinski definition) is 6. The molecule has 0 saturated carbocycles. The minimum Gasteiger partial charge on any atom is -0.465 e. The molecule has 1 atom stereocenters. The Bertz CT molecular complexity index is 1490. The molecule has 1 unspecified atom stereocenters. The molecular formula is C28H26ClN5O3. The number of carbonyl (C=O) groups excluding carboxylic acids is 1. The molecule has 0 saturated heterocycles. The van der Waals surface area contributed by atoms with Crippen molar-refractivity contribution in [2.45, 2.75) is 18.9 Å². The zero-order valence-corrected chi connectivity index (χ0v) is 21.3. The summed E-state index contributed by atoms with van der Waals surface area (Å²) in [5.74, 6) is 0.113. The third-order valence-electron chi connectivity index (χ3n) is 6.49. The number of aryl methyl sites for hydroxylation is 2. The summed E-state index contributed by atoms with van der Waals surface area (Å²) < 4.78 is 7.72. The third-order valence-corrected chi connectivity index (χ3v) is 6.74. The lowest BCUT2D eigenvalue weighted by Gasteiger charge is -2.15. The molecule has 0 aliphatic carbocycles. The molecule has 0 amide bonds. The molecule has 0 fully saturated rings. The molecule has 8 nitrogen and oxygen atoms in total. The van der Waals surface area contributed by atoms with Crippen LogP contribution in [0.25, 0.3) is 0 Å². The maximum Gasteiger partial charge on any atom is 0.347 e. The van der Waals surface area contributed by atoms with Gasteiger partial charge in [-0.3, -0.25) is 4.57 Å². The molecule has 188 valence electrons. The first-order valence-electron chi connectivity index (χ1n) is 11.9. The maximum atomic E-state index is 13.0. The minimum atomic E-state index is -0.380. The third kappa shape index (κ3) is 5.06. The number of hydrogen-bond donors (Lipinski definition) is 0. The van der Waals surface area contributed by atoms with Gasteiger partial charge in [-0.05, 0) is 47.4 Å². The van der Waals surface area contributed by atoms with Crippen molar-refractivity contribution in [2.24, 2.45) is 12.1 Å². The van der Waals surface area contributed by atoms with Crippen LogP contribution in [-0.4, -0.2) is 39.7 Å². The lowest BCUT2D eigenvalue weighted by atomic mass is 9.91. The summed E-state index contributed by atoms with van der Waals surface area (Å²) in [6, 6.07) is 25.0. The number of esters is 1. The van der Waals surface area contributed by atoms with E-state index in [1.165, 1.54) is 16.4 Å². The first kappa shape index (κ1) is 24.5. The van der Waals surface area contributed by atoms with E-state index in [2.05, 4.69) is 17.2 Å². The van der Waals surface area contributed by atoms with Crippen molar-refractivity contribution in [2.75, 3.05) is 18.7 Å². The van der Waals surface area contributed by atoms with Gasteiger partial charge < -0.3 is 4.74 Å². The van der Waals surface area contributed by atoms with E-state index < -0.39 is 0 Å². The largest absolute Gasteiger partial charge is 0.465 e. The van der Waals surface area contributed by atoms with E-state index in [4.69, 9.17) is 21.4 Å². The van der Waals surface area contributed by atoms with Gasteiger partial charge in [-0.2, -0.15) is 5.10 Å². The lowest BCUT2D eigenvalue weighted by Crippen LogP contribution is -2.25. The fourth-order valence-electron chi connectivity index (χ4n) is 4.46. The highest BCUT2D eigenvalue weighted by molar-refractivity contribution is 6.30. The molecule has 37 heavy (non-hydrogen) atoms. The molecule has 9 heteroatoms. The van der Waals surface area contributed by atoms with Crippen molar-refractivity contribution in [3.63, 3.8) is 0 Å². The number of nitrogens with zero attached hydrogens (tertiary/aromatic N) is 5. The Morgan fingerprint density at radius 3 is 2.41 bits per heavy atom. The van der Waals surface area contributed by atoms with Crippen LogP contribution in [0.4, 0.5) is 5.95 Å². The monoisotopic (exact) mass is 515 g/mol. The summed E-state index contributed by atoms with van der Waals surface area (Å²) in [5, 5.41) is 12.0. The molecule has 0 radical (unpaired) electrons. The van der Waals surface area contributed by atoms with Gasteiger partial charge >= 0.3 is 11.7 Å². The molecule has 5 rings (SSSR count). The highest BCUT2D eigenvalue weighted by Gasteiger charge is 2.32. The number of anilines is 1. The second-order valence-electron chi connectivity index (χ2n) is 8.84. The van der Waals surface area contributed by atoms with Crippen LogP contribution >= 0.6 is 11.6 Å². The van der Waals surface area contributed by atoms with Crippen LogP contribution in [-0.2, 0) is 24.8 Å². The van der Waals surface area contributed by atoms with Crippen molar-refractivity contribution in [1.29, 1.82) is 0 Å². The van der Waals surface area contributed by atoms with Gasteiger partial charge in [-0.1, -0.05) is 66.2 Å². The number of carbonyl (C=O) groups is 1. The predicted molar refractivity (Wildman–Crippen MR) is 143 cm³/mol. The molecule has 3 aromatic carbocycles. The lowest BCUT2D eigenvalue weighted by molar-refractivity contribution is 0.0600. The standard InChI is InChI=1S/C28H26ClN5O3/c1-32-27(31-33(28(32)36)17-16-19-8-10-22(11-9-19)26(35)37-2)34-18-24(20-6-4-3-5-7-20)25(30-34)21-12-14-23(29)15-13-21/h3-15,24H,16-18H2,1-2H3. The zero-order chi connectivity index (χ0) is 25.9. The molecule has 2 heterocycles. The highest BCUT2D eigenvalue weighted by Crippen LogP contribution is 2.31. The Morgan fingerprint density at radius 1 is 1.03 bits per heavy atom. The summed E-state index contributed by atoms with van der Waals surface area (Å²) in [7, 11) is 3.06. The normalized spacial score (nSPS) is 15.1. The van der Waals surface area contributed by atoms with Gasteiger partial charge in [0.1, 0.15) is 0 Å². The Morgan fingerprint density at radius 2 is 1.73 bits per heavy atom. The fourth-order valence-corrected chi connectivity index (χ4v) is 4.59. The fraction of sp³-hybridized carbons (Fsp3) is 0.214. The van der Waals surface area contributed by atoms with Crippen LogP contribution in [0.2, 0.25) is 5.02 Å². The second kappa shape index (κ2) is 10.4. The van der Waals surface area contributed by atoms with E-state index in [1.807, 2.05) is 54.6 Å². The second-order valence-corrected chi connectivity index (χ2v) is 9.28. The van der Waals surface area contributed by atoms with Crippen molar-refractivity contribution in [3.8, 4) is 0 Å². The molecule has 0 bridgehead atoms. The van der Waals surface area contributed by atoms with E-state index >= 15 is 0 Å². The first-order chi connectivity index (χ1) is 17.9. The van der Waals surface area contributed by atoms with Crippen molar-refractivity contribution >= 4 is 29.2 Å². The zero-order valence-electron chi connectivity index (χ0n) is 20.5. The molecule has 0 spiro atoms. The van der Waals surface area contributed by atoms with Crippen molar-refractivity contribution < 1.29 is 9.53 Å². The molecule has 1 aliphatic rings. The molecule has 1 aliphatic heterocycles. The van der Waals surface area contributed by atoms with Gasteiger partial charge in [0.05, 0.1) is 31.5 Å². The molecule has 4 aromatic rings. The summed E-state index contributed by atoms with van der Waals surface area (Å²) in [6.45, 7) is 0.954. The van der Waals surface area contributed by atoms with E-state index in [0.29, 0.717) is 36.0 Å². The quantitative estimate of drug-likeness (QED) is 0.343. The highest BCUT2D eigenvalue weighted by atomic mass is 35.5. The van der Waals surface area contributed by atoms with E-state index in [-0.39, 0.29) is 17.6 Å². The van der Waals surface area contributed by atoms with Gasteiger partial charge in [0.25, 0.3) is 0 Å². The SMILES string of the molecule is COC(=O)c1ccc(CCn2nc(N3CC(c4ccccc4)C(c4ccc(Cl)cc4)=N3)n(C)c2=O)cc1. The van der Waals surface area contributed by atoms with Crippen LogP contribution in [0.1, 0.15) is 33.0 Å². The van der Waals surface area contributed by atoms with Gasteiger partial charge in [0.15, 0.2) is 0 Å². The van der Waals surface area contributed by atoms with Crippen LogP contribution < -0.4 is 10.7 Å². The molecule has 0 N–H and O–H groups in total. The Balaban J connectivity index is 1.40. The number of halogens is 1. The van der Waals surface area contributed by atoms with Crippen LogP contribution in [0.5, 0.6) is 0 Å². The summed E-state index contributed by atoms with van der Waals surface area (Å²) in [6.07, 6.45) is 0.587. The van der Waals surface area contributed by atoms with Crippen LogP contribution in [0.3, 0.4) is 0 Å². The Kier molecular flexibility index (Phi) is 6.92. The maximum absolute atomic E-state index is 13.0. The first-order valence-corrected chi connectivity index (χ1v) is 12.3. The number of benzene rings is 3. The summed E-state index contributed by atoms with van der Waals surface area (Å²) >= 11 is 6.12. The van der Waals surface area contributed by atoms with E-state index in [9.17, 15) is 9.59 Å². The summed E-state index contributed by atoms with van der Waals surface area (Å²) in [4.78, 5) is 24.7. The van der Waals surface area contributed by atoms with Crippen molar-refractivity contribution in [3.05, 3.63) is 117 Å². The van der Waals surface area contributed by atoms with E-state index in [0.717, 1.165) is 22.4 Å². The smallest absolute Gasteiger partial charge is 0.347 e. The Hall–Kier alpha value is -4.17. The number of methoxy groups -OCH3 is 1. The molecule has 1 aromatic heterocycles. The number of aromatic nitrogens is 3. The van der Waals surface area contributed by atoms with Gasteiger partial charge in [-0.15, -0.1) is 5.10 Å². The Labute approximate surface area is 219 Å². The predicted octanol–water partition coefficient (Wildman–Crippen LogP) is 4.27. The number of hydrazone groups is 1. The topological polar surface area (TPSA) is 81.7 Å². The van der Waals surface area contributed by atoms with Gasteiger partial charge in [0, 0.05) is 18.0 Å². The summed E-state index contributed by atoms with van der Waals surface area (Å²) in [5.41, 5.74) is 4.27. The van der Waals surface area contributed by atoms with Gasteiger partial charge in [-0.25, -0.2) is 19.3 Å². The minimum absolute atomic E-state index is 0.0101. The number of rotatable bonds is 7. The molecular weight excluding hydrogens is 490 g/mol. The van der Waals surface area contributed by atoms with Gasteiger partial charge in [0.2, 0.25) is 5.95 Å². The van der Waals surface area contributed by atoms with E-state index in [1.54, 1.807) is 24.2 Å². The van der Waals surface area contributed by atoms with Crippen LogP contribution in [0.15, 0.2) is 88.8 Å².